The summed E-state index contributed by atoms with van der Waals surface area (Å²) in [5.74, 6) is 0.0587. The summed E-state index contributed by atoms with van der Waals surface area (Å²) >= 11 is 1.19. The number of thiazole rings is 1. The Hall–Kier alpha value is -2.65. The van der Waals surface area contributed by atoms with E-state index in [4.69, 9.17) is 9.47 Å². The van der Waals surface area contributed by atoms with Gasteiger partial charge >= 0.3 is 5.97 Å². The number of nitrogens with zero attached hydrogens (tertiary/aromatic N) is 2. The first kappa shape index (κ1) is 18.2. The van der Waals surface area contributed by atoms with Gasteiger partial charge in [0.05, 0.1) is 29.3 Å². The van der Waals surface area contributed by atoms with Crippen LogP contribution in [0.1, 0.15) is 0 Å². The molecule has 3 rings (SSSR count). The van der Waals surface area contributed by atoms with Crippen molar-refractivity contribution in [2.24, 2.45) is 4.40 Å². The summed E-state index contributed by atoms with van der Waals surface area (Å²) in [5, 5.41) is 0. The molecule has 26 heavy (non-hydrogen) atoms. The molecule has 1 aromatic heterocycles. The zero-order chi connectivity index (χ0) is 18.7. The molecule has 3 aromatic rings. The normalized spacial score (nSPS) is 12.3. The van der Waals surface area contributed by atoms with Crippen LogP contribution in [0.3, 0.4) is 0 Å². The van der Waals surface area contributed by atoms with E-state index < -0.39 is 16.0 Å². The monoisotopic (exact) mass is 392 g/mol. The van der Waals surface area contributed by atoms with Gasteiger partial charge in [0.1, 0.15) is 12.3 Å². The molecule has 0 saturated carbocycles. The lowest BCUT2D eigenvalue weighted by molar-refractivity contribution is -0.141. The van der Waals surface area contributed by atoms with E-state index in [9.17, 15) is 13.2 Å². The second kappa shape index (κ2) is 7.30. The van der Waals surface area contributed by atoms with Gasteiger partial charge in [-0.3, -0.25) is 4.79 Å². The molecule has 1 heterocycles. The maximum Gasteiger partial charge on any atom is 0.325 e. The maximum atomic E-state index is 12.7. The molecule has 9 heteroatoms. The zero-order valence-corrected chi connectivity index (χ0v) is 15.7. The molecule has 0 amide bonds. The van der Waals surface area contributed by atoms with Gasteiger partial charge in [0.25, 0.3) is 10.0 Å². The number of carbonyl (C=O) groups is 1. The van der Waals surface area contributed by atoms with E-state index in [0.29, 0.717) is 11.3 Å². The van der Waals surface area contributed by atoms with Crippen molar-refractivity contribution in [3.8, 4) is 5.75 Å². The van der Waals surface area contributed by atoms with Crippen LogP contribution in [0.5, 0.6) is 5.75 Å². The summed E-state index contributed by atoms with van der Waals surface area (Å²) in [6.45, 7) is -0.128. The zero-order valence-electron chi connectivity index (χ0n) is 14.1. The van der Waals surface area contributed by atoms with Crippen molar-refractivity contribution < 1.29 is 22.7 Å². The predicted molar refractivity (Wildman–Crippen MR) is 97.6 cm³/mol. The molecule has 0 radical (unpaired) electrons. The number of sulfonamides is 1. The summed E-state index contributed by atoms with van der Waals surface area (Å²) in [4.78, 5) is 12.0. The lowest BCUT2D eigenvalue weighted by Crippen LogP contribution is -2.22. The minimum Gasteiger partial charge on any atom is -0.497 e. The van der Waals surface area contributed by atoms with Crippen molar-refractivity contribution in [3.63, 3.8) is 0 Å². The number of esters is 1. The van der Waals surface area contributed by atoms with Crippen molar-refractivity contribution in [1.29, 1.82) is 0 Å². The summed E-state index contributed by atoms with van der Waals surface area (Å²) in [6, 6.07) is 13.2. The van der Waals surface area contributed by atoms with Gasteiger partial charge in [-0.25, -0.2) is 0 Å². The first-order valence-corrected chi connectivity index (χ1v) is 9.80. The number of carbonyl (C=O) groups excluding carboxylic acids is 1. The van der Waals surface area contributed by atoms with Crippen LogP contribution in [0.25, 0.3) is 10.2 Å². The summed E-state index contributed by atoms with van der Waals surface area (Å²) in [7, 11) is -1.16. The highest BCUT2D eigenvalue weighted by molar-refractivity contribution is 7.90. The van der Waals surface area contributed by atoms with E-state index in [0.717, 1.165) is 4.70 Å². The fourth-order valence-electron chi connectivity index (χ4n) is 2.34. The van der Waals surface area contributed by atoms with Gasteiger partial charge < -0.3 is 14.0 Å². The third-order valence-corrected chi connectivity index (χ3v) is 6.11. The van der Waals surface area contributed by atoms with Gasteiger partial charge in [-0.05, 0) is 36.4 Å². The van der Waals surface area contributed by atoms with Crippen LogP contribution in [0, 0.1) is 0 Å². The highest BCUT2D eigenvalue weighted by atomic mass is 32.2. The quantitative estimate of drug-likeness (QED) is 0.621. The van der Waals surface area contributed by atoms with Gasteiger partial charge in [-0.1, -0.05) is 23.5 Å². The van der Waals surface area contributed by atoms with Crippen molar-refractivity contribution in [2.75, 3.05) is 14.2 Å². The van der Waals surface area contributed by atoms with E-state index in [-0.39, 0.29) is 16.2 Å². The van der Waals surface area contributed by atoms with Gasteiger partial charge in [0.15, 0.2) is 0 Å². The number of hydrogen-bond acceptors (Lipinski definition) is 6. The Morgan fingerprint density at radius 1 is 1.12 bits per heavy atom. The summed E-state index contributed by atoms with van der Waals surface area (Å²) in [5.41, 5.74) is 0.714. The minimum atomic E-state index is -3.94. The second-order valence-electron chi connectivity index (χ2n) is 5.26. The number of fused-ring (bicyclic) bond motifs is 1. The average Bonchev–Trinajstić information content (AvgIpc) is 2.98. The molecule has 136 valence electrons. The van der Waals surface area contributed by atoms with Crippen LogP contribution in [-0.2, 0) is 26.1 Å². The lowest BCUT2D eigenvalue weighted by atomic mass is 10.3. The van der Waals surface area contributed by atoms with Crippen LogP contribution >= 0.6 is 11.3 Å². The number of hydrogen-bond donors (Lipinski definition) is 0. The first-order chi connectivity index (χ1) is 12.4. The SMILES string of the molecule is COC(=O)Cn1c(=NS(=O)(=O)c2ccc(OC)cc2)sc2ccccc21. The topological polar surface area (TPSA) is 87.0 Å². The molecule has 0 aliphatic heterocycles. The number of ether oxygens (including phenoxy) is 2. The Balaban J connectivity index is 2.15. The van der Waals surface area contributed by atoms with Gasteiger partial charge in [-0.2, -0.15) is 8.42 Å². The number of aromatic nitrogens is 1. The van der Waals surface area contributed by atoms with E-state index >= 15 is 0 Å². The molecule has 2 aromatic carbocycles. The van der Waals surface area contributed by atoms with Gasteiger partial charge in [0.2, 0.25) is 4.80 Å². The second-order valence-corrected chi connectivity index (χ2v) is 7.87. The van der Waals surface area contributed by atoms with Crippen LogP contribution in [0.4, 0.5) is 0 Å². The van der Waals surface area contributed by atoms with Crippen LogP contribution in [-0.4, -0.2) is 33.2 Å². The molecule has 0 bridgehead atoms. The maximum absolute atomic E-state index is 12.7. The first-order valence-electron chi connectivity index (χ1n) is 7.55. The molecule has 0 aliphatic carbocycles. The van der Waals surface area contributed by atoms with Crippen LogP contribution < -0.4 is 9.54 Å². The molecule has 0 unspecified atom stereocenters. The fourth-order valence-corrected chi connectivity index (χ4v) is 4.57. The Labute approximate surface area is 154 Å². The molecule has 0 aliphatic rings. The molecule has 0 saturated heterocycles. The Bertz CT molecular complexity index is 1110. The largest absolute Gasteiger partial charge is 0.497 e. The predicted octanol–water partition coefficient (Wildman–Crippen LogP) is 2.17. The molecular weight excluding hydrogens is 376 g/mol. The van der Waals surface area contributed by atoms with E-state index in [1.807, 2.05) is 18.2 Å². The third-order valence-electron chi connectivity index (χ3n) is 3.66. The molecule has 7 nitrogen and oxygen atoms in total. The lowest BCUT2D eigenvalue weighted by Gasteiger charge is -2.04. The van der Waals surface area contributed by atoms with Crippen molar-refractivity contribution in [3.05, 3.63) is 53.3 Å². The van der Waals surface area contributed by atoms with Crippen LogP contribution in [0.15, 0.2) is 57.8 Å². The molecule has 0 fully saturated rings. The molecule has 0 spiro atoms. The van der Waals surface area contributed by atoms with E-state index in [2.05, 4.69) is 4.40 Å². The highest BCUT2D eigenvalue weighted by Gasteiger charge is 2.16. The molecule has 0 N–H and O–H groups in total. The molecular formula is C17H16N2O5S2. The van der Waals surface area contributed by atoms with E-state index in [1.54, 1.807) is 18.2 Å². The number of benzene rings is 2. The van der Waals surface area contributed by atoms with Crippen molar-refractivity contribution in [2.45, 2.75) is 11.4 Å². The summed E-state index contributed by atoms with van der Waals surface area (Å²) < 4.78 is 41.4. The number of para-hydroxylation sites is 1. The van der Waals surface area contributed by atoms with Gasteiger partial charge in [-0.15, -0.1) is 4.40 Å². The number of rotatable bonds is 5. The Morgan fingerprint density at radius 3 is 2.46 bits per heavy atom. The smallest absolute Gasteiger partial charge is 0.325 e. The number of methoxy groups -OCH3 is 2. The fraction of sp³-hybridized carbons (Fsp3) is 0.176. The third kappa shape index (κ3) is 3.63. The summed E-state index contributed by atoms with van der Waals surface area (Å²) in [6.07, 6.45) is 0. The Kier molecular flexibility index (Phi) is 5.10. The van der Waals surface area contributed by atoms with E-state index in [1.165, 1.54) is 42.3 Å². The van der Waals surface area contributed by atoms with Crippen molar-refractivity contribution >= 4 is 37.5 Å². The highest BCUT2D eigenvalue weighted by Crippen LogP contribution is 2.20. The van der Waals surface area contributed by atoms with Gasteiger partial charge in [0, 0.05) is 0 Å². The average molecular weight is 392 g/mol. The Morgan fingerprint density at radius 2 is 1.81 bits per heavy atom. The standard InChI is InChI=1S/C17H16N2O5S2/c1-23-12-7-9-13(10-8-12)26(21,22)18-17-19(11-16(20)24-2)14-5-3-4-6-15(14)25-17/h3-10H,11H2,1-2H3. The molecule has 0 atom stereocenters. The van der Waals surface area contributed by atoms with Crippen LogP contribution in [0.2, 0.25) is 0 Å². The minimum absolute atomic E-state index is 0.0420. The van der Waals surface area contributed by atoms with Crippen molar-refractivity contribution in [1.82, 2.24) is 4.57 Å².